The van der Waals surface area contributed by atoms with Crippen molar-refractivity contribution < 1.29 is 13.7 Å². The van der Waals surface area contributed by atoms with Gasteiger partial charge in [-0.3, -0.25) is 0 Å². The molecule has 1 aromatic heterocycles. The van der Waals surface area contributed by atoms with E-state index in [9.17, 15) is 4.39 Å². The van der Waals surface area contributed by atoms with Gasteiger partial charge in [-0.1, -0.05) is 35.5 Å². The molecule has 6 heteroatoms. The first kappa shape index (κ1) is 16.1. The number of nitrogens with zero attached hydrogens (tertiary/aromatic N) is 2. The maximum absolute atomic E-state index is 12.9. The Morgan fingerprint density at radius 3 is 2.54 bits per heavy atom. The van der Waals surface area contributed by atoms with Gasteiger partial charge in [-0.15, -0.1) is 0 Å². The SMILES string of the molecule is NCC(Cc1ccccc1)c1nc(COc2ccc(F)cc2)no1. The van der Waals surface area contributed by atoms with Gasteiger partial charge in [-0.25, -0.2) is 4.39 Å². The van der Waals surface area contributed by atoms with E-state index in [1.54, 1.807) is 12.1 Å². The van der Waals surface area contributed by atoms with Crippen LogP contribution in [0.3, 0.4) is 0 Å². The van der Waals surface area contributed by atoms with Crippen LogP contribution in [0.5, 0.6) is 5.75 Å². The lowest BCUT2D eigenvalue weighted by atomic mass is 9.99. The van der Waals surface area contributed by atoms with Gasteiger partial charge in [0.2, 0.25) is 11.7 Å². The Bertz CT molecular complexity index is 759. The minimum absolute atomic E-state index is 0.0422. The van der Waals surface area contributed by atoms with Gasteiger partial charge in [0.05, 0.1) is 5.92 Å². The minimum Gasteiger partial charge on any atom is -0.485 e. The summed E-state index contributed by atoms with van der Waals surface area (Å²) in [6, 6.07) is 15.8. The Balaban J connectivity index is 1.62. The lowest BCUT2D eigenvalue weighted by molar-refractivity contribution is 0.283. The molecule has 0 radical (unpaired) electrons. The summed E-state index contributed by atoms with van der Waals surface area (Å²) in [4.78, 5) is 4.35. The zero-order chi connectivity index (χ0) is 16.8. The second-order valence-electron chi connectivity index (χ2n) is 5.41. The average molecular weight is 327 g/mol. The summed E-state index contributed by atoms with van der Waals surface area (Å²) < 4.78 is 23.7. The van der Waals surface area contributed by atoms with Crippen LogP contribution in [0.4, 0.5) is 4.39 Å². The quantitative estimate of drug-likeness (QED) is 0.722. The van der Waals surface area contributed by atoms with Crippen molar-refractivity contribution in [2.24, 2.45) is 5.73 Å². The van der Waals surface area contributed by atoms with E-state index in [2.05, 4.69) is 10.1 Å². The summed E-state index contributed by atoms with van der Waals surface area (Å²) in [7, 11) is 0. The van der Waals surface area contributed by atoms with Gasteiger partial charge in [0.15, 0.2) is 6.61 Å². The van der Waals surface area contributed by atoms with Gasteiger partial charge in [-0.05, 0) is 36.2 Å². The van der Waals surface area contributed by atoms with E-state index in [1.807, 2.05) is 30.3 Å². The number of ether oxygens (including phenoxy) is 1. The number of hydrogen-bond donors (Lipinski definition) is 1. The fourth-order valence-electron chi connectivity index (χ4n) is 2.34. The van der Waals surface area contributed by atoms with E-state index in [0.717, 1.165) is 12.0 Å². The highest BCUT2D eigenvalue weighted by Gasteiger charge is 2.18. The van der Waals surface area contributed by atoms with E-state index < -0.39 is 0 Å². The third-order valence-corrected chi connectivity index (χ3v) is 3.62. The molecule has 0 aliphatic rings. The molecule has 0 fully saturated rings. The van der Waals surface area contributed by atoms with Crippen molar-refractivity contribution in [2.45, 2.75) is 18.9 Å². The van der Waals surface area contributed by atoms with Crippen LogP contribution in [0, 0.1) is 5.82 Å². The molecule has 1 heterocycles. The summed E-state index contributed by atoms with van der Waals surface area (Å²) in [5.74, 6) is 1.12. The van der Waals surface area contributed by atoms with Crippen molar-refractivity contribution in [1.82, 2.24) is 10.1 Å². The molecule has 0 saturated carbocycles. The van der Waals surface area contributed by atoms with Gasteiger partial charge >= 0.3 is 0 Å². The molecule has 24 heavy (non-hydrogen) atoms. The molecule has 124 valence electrons. The second-order valence-corrected chi connectivity index (χ2v) is 5.41. The van der Waals surface area contributed by atoms with Gasteiger partial charge in [0.25, 0.3) is 0 Å². The summed E-state index contributed by atoms with van der Waals surface area (Å²) in [6.45, 7) is 0.563. The van der Waals surface area contributed by atoms with E-state index >= 15 is 0 Å². The maximum atomic E-state index is 12.9. The minimum atomic E-state index is -0.309. The number of aromatic nitrogens is 2. The molecular weight excluding hydrogens is 309 g/mol. The molecule has 2 N–H and O–H groups in total. The molecule has 5 nitrogen and oxygen atoms in total. The fraction of sp³-hybridized carbons (Fsp3) is 0.222. The number of nitrogens with two attached hydrogens (primary N) is 1. The Morgan fingerprint density at radius 2 is 1.83 bits per heavy atom. The Labute approximate surface area is 139 Å². The number of halogens is 1. The van der Waals surface area contributed by atoms with Crippen LogP contribution >= 0.6 is 0 Å². The highest BCUT2D eigenvalue weighted by atomic mass is 19.1. The normalized spacial score (nSPS) is 12.1. The number of rotatable bonds is 7. The third kappa shape index (κ3) is 4.17. The summed E-state index contributed by atoms with van der Waals surface area (Å²) in [5.41, 5.74) is 7.01. The lowest BCUT2D eigenvalue weighted by Gasteiger charge is -2.09. The van der Waals surface area contributed by atoms with Crippen molar-refractivity contribution in [1.29, 1.82) is 0 Å². The molecule has 0 amide bonds. The molecule has 0 aliphatic carbocycles. The molecule has 2 aromatic carbocycles. The zero-order valence-corrected chi connectivity index (χ0v) is 13.1. The van der Waals surface area contributed by atoms with Gasteiger partial charge in [0, 0.05) is 6.54 Å². The molecule has 1 atom stereocenters. The summed E-state index contributed by atoms with van der Waals surface area (Å²) >= 11 is 0. The van der Waals surface area contributed by atoms with Crippen molar-refractivity contribution >= 4 is 0 Å². The first-order valence-corrected chi connectivity index (χ1v) is 7.69. The highest BCUT2D eigenvalue weighted by molar-refractivity contribution is 5.22. The molecule has 1 unspecified atom stereocenters. The predicted octanol–water partition coefficient (Wildman–Crippen LogP) is 3.07. The highest BCUT2D eigenvalue weighted by Crippen LogP contribution is 2.19. The Hall–Kier alpha value is -2.73. The number of hydrogen-bond acceptors (Lipinski definition) is 5. The smallest absolute Gasteiger partial charge is 0.231 e. The van der Waals surface area contributed by atoms with Gasteiger partial charge in [-0.2, -0.15) is 4.98 Å². The molecule has 0 spiro atoms. The summed E-state index contributed by atoms with van der Waals surface area (Å²) in [5, 5.41) is 3.92. The maximum Gasteiger partial charge on any atom is 0.231 e. The summed E-state index contributed by atoms with van der Waals surface area (Å²) in [6.07, 6.45) is 0.734. The van der Waals surface area contributed by atoms with Gasteiger partial charge < -0.3 is 15.0 Å². The first-order valence-electron chi connectivity index (χ1n) is 7.69. The average Bonchev–Trinajstić information content (AvgIpc) is 3.09. The molecule has 3 aromatic rings. The molecule has 0 saturated heterocycles. The van der Waals surface area contributed by atoms with E-state index in [1.165, 1.54) is 12.1 Å². The predicted molar refractivity (Wildman–Crippen MR) is 87.0 cm³/mol. The largest absolute Gasteiger partial charge is 0.485 e. The lowest BCUT2D eigenvalue weighted by Crippen LogP contribution is -2.15. The van der Waals surface area contributed by atoms with Crippen molar-refractivity contribution in [2.75, 3.05) is 6.54 Å². The van der Waals surface area contributed by atoms with E-state index in [0.29, 0.717) is 24.0 Å². The number of benzene rings is 2. The first-order chi connectivity index (χ1) is 11.7. The standard InChI is InChI=1S/C18H18FN3O2/c19-15-6-8-16(9-7-15)23-12-17-21-18(24-22-17)14(11-20)10-13-4-2-1-3-5-13/h1-9,14H,10-12,20H2. The van der Waals surface area contributed by atoms with Crippen LogP contribution in [0.1, 0.15) is 23.2 Å². The fourth-order valence-corrected chi connectivity index (χ4v) is 2.34. The molecule has 0 aliphatic heterocycles. The van der Waals surface area contributed by atoms with Crippen LogP contribution in [0.2, 0.25) is 0 Å². The van der Waals surface area contributed by atoms with Crippen molar-refractivity contribution in [3.63, 3.8) is 0 Å². The van der Waals surface area contributed by atoms with Crippen LogP contribution in [0.25, 0.3) is 0 Å². The molecule has 0 bridgehead atoms. The monoisotopic (exact) mass is 327 g/mol. The molecular formula is C18H18FN3O2. The second kappa shape index (κ2) is 7.70. The Morgan fingerprint density at radius 1 is 1.08 bits per heavy atom. The van der Waals surface area contributed by atoms with Crippen molar-refractivity contribution in [3.8, 4) is 5.75 Å². The van der Waals surface area contributed by atoms with E-state index in [-0.39, 0.29) is 18.3 Å². The topological polar surface area (TPSA) is 74.2 Å². The van der Waals surface area contributed by atoms with Crippen molar-refractivity contribution in [3.05, 3.63) is 77.7 Å². The van der Waals surface area contributed by atoms with Crippen LogP contribution in [-0.4, -0.2) is 16.7 Å². The molecule has 3 rings (SSSR count). The van der Waals surface area contributed by atoms with Gasteiger partial charge in [0.1, 0.15) is 11.6 Å². The third-order valence-electron chi connectivity index (χ3n) is 3.62. The van der Waals surface area contributed by atoms with Crippen LogP contribution in [0.15, 0.2) is 59.1 Å². The van der Waals surface area contributed by atoms with Crippen LogP contribution in [-0.2, 0) is 13.0 Å². The van der Waals surface area contributed by atoms with Crippen LogP contribution < -0.4 is 10.5 Å². The zero-order valence-electron chi connectivity index (χ0n) is 13.1. The van der Waals surface area contributed by atoms with E-state index in [4.69, 9.17) is 15.0 Å². The Kier molecular flexibility index (Phi) is 5.18.